The molecule has 1 aliphatic rings. The van der Waals surface area contributed by atoms with Crippen molar-refractivity contribution in [1.29, 1.82) is 0 Å². The van der Waals surface area contributed by atoms with Crippen molar-refractivity contribution < 1.29 is 22.7 Å². The lowest BCUT2D eigenvalue weighted by atomic mass is 9.83. The van der Waals surface area contributed by atoms with Crippen LogP contribution in [0.5, 0.6) is 0 Å². The maximum atomic E-state index is 11.9. The van der Waals surface area contributed by atoms with E-state index in [2.05, 4.69) is 30.7 Å². The van der Waals surface area contributed by atoms with Gasteiger partial charge in [-0.25, -0.2) is 4.79 Å². The van der Waals surface area contributed by atoms with E-state index in [1.54, 1.807) is 5.57 Å². The summed E-state index contributed by atoms with van der Waals surface area (Å²) in [7, 11) is 0. The Morgan fingerprint density at radius 3 is 2.69 bits per heavy atom. The molecule has 0 aromatic carbocycles. The monoisotopic (exact) mass is 370 g/mol. The molecule has 5 heteroatoms. The third-order valence-corrected chi connectivity index (χ3v) is 4.53. The fourth-order valence-electron chi connectivity index (χ4n) is 3.00. The Hall–Kier alpha value is -1.78. The summed E-state index contributed by atoms with van der Waals surface area (Å²) in [6.45, 7) is 6.31. The van der Waals surface area contributed by atoms with Gasteiger partial charge in [0.1, 0.15) is 0 Å². The Morgan fingerprint density at radius 2 is 2.04 bits per heavy atom. The second kappa shape index (κ2) is 11.0. The molecule has 0 saturated carbocycles. The first-order valence-electron chi connectivity index (χ1n) is 9.14. The number of hydrogen-bond acceptors (Lipinski definition) is 2. The number of alkyl halides is 3. The van der Waals surface area contributed by atoms with Crippen LogP contribution in [0.3, 0.4) is 0 Å². The van der Waals surface area contributed by atoms with Crippen LogP contribution in [0.25, 0.3) is 0 Å². The summed E-state index contributed by atoms with van der Waals surface area (Å²) in [5.41, 5.74) is 4.21. The molecule has 0 aromatic heterocycles. The minimum atomic E-state index is -4.91. The summed E-state index contributed by atoms with van der Waals surface area (Å²) >= 11 is 0. The van der Waals surface area contributed by atoms with Gasteiger partial charge in [-0.05, 0) is 58.3 Å². The van der Waals surface area contributed by atoms with Crippen molar-refractivity contribution in [1.82, 2.24) is 0 Å². The maximum Gasteiger partial charge on any atom is 0.490 e. The fourth-order valence-corrected chi connectivity index (χ4v) is 3.00. The van der Waals surface area contributed by atoms with Crippen LogP contribution in [-0.2, 0) is 9.53 Å². The molecular formula is C21H29F3O2. The van der Waals surface area contributed by atoms with Gasteiger partial charge in [-0.1, -0.05) is 54.0 Å². The highest BCUT2D eigenvalue weighted by molar-refractivity contribution is 5.75. The topological polar surface area (TPSA) is 26.3 Å². The number of rotatable bonds is 8. The number of ether oxygens (including phenoxy) is 1. The first-order chi connectivity index (χ1) is 12.2. The second-order valence-electron chi connectivity index (χ2n) is 6.82. The summed E-state index contributed by atoms with van der Waals surface area (Å²) < 4.78 is 39.9. The van der Waals surface area contributed by atoms with Crippen LogP contribution in [0.2, 0.25) is 0 Å². The maximum absolute atomic E-state index is 11.9. The van der Waals surface area contributed by atoms with E-state index in [4.69, 9.17) is 0 Å². The molecule has 0 aromatic rings. The number of carbonyl (C=O) groups excluding carboxylic acids is 1. The molecule has 0 fully saturated rings. The van der Waals surface area contributed by atoms with Gasteiger partial charge in [-0.3, -0.25) is 0 Å². The zero-order valence-corrected chi connectivity index (χ0v) is 15.9. The summed E-state index contributed by atoms with van der Waals surface area (Å²) in [6.07, 6.45) is 10.8. The summed E-state index contributed by atoms with van der Waals surface area (Å²) in [4.78, 5) is 10.5. The number of esters is 1. The highest BCUT2D eigenvalue weighted by Crippen LogP contribution is 2.31. The molecule has 0 spiro atoms. The fraction of sp³-hybridized carbons (Fsp3) is 0.571. The van der Waals surface area contributed by atoms with E-state index in [1.807, 2.05) is 25.2 Å². The summed E-state index contributed by atoms with van der Waals surface area (Å²) in [5.74, 6) is -1.45. The van der Waals surface area contributed by atoms with Crippen LogP contribution in [0.1, 0.15) is 59.3 Å². The molecule has 0 heterocycles. The SMILES string of the molecule is CC1=C(C/C=C/C(C)=C/C=C/CCCOC(=O)C(F)(F)F)C(C)CCC1. The first kappa shape index (κ1) is 22.3. The van der Waals surface area contributed by atoms with Gasteiger partial charge in [-0.2, -0.15) is 13.2 Å². The van der Waals surface area contributed by atoms with Gasteiger partial charge in [-0.15, -0.1) is 0 Å². The molecular weight excluding hydrogens is 341 g/mol. The second-order valence-corrected chi connectivity index (χ2v) is 6.82. The van der Waals surface area contributed by atoms with Crippen LogP contribution in [0, 0.1) is 5.92 Å². The van der Waals surface area contributed by atoms with E-state index < -0.39 is 12.1 Å². The van der Waals surface area contributed by atoms with Gasteiger partial charge in [0, 0.05) is 0 Å². The van der Waals surface area contributed by atoms with E-state index in [0.717, 1.165) is 12.0 Å². The molecule has 2 nitrogen and oxygen atoms in total. The first-order valence-corrected chi connectivity index (χ1v) is 9.14. The quantitative estimate of drug-likeness (QED) is 0.212. The van der Waals surface area contributed by atoms with Crippen molar-refractivity contribution in [3.05, 3.63) is 47.1 Å². The number of allylic oxidation sites excluding steroid dienone is 8. The van der Waals surface area contributed by atoms with Crippen LogP contribution in [-0.4, -0.2) is 18.8 Å². The van der Waals surface area contributed by atoms with E-state index in [1.165, 1.54) is 24.8 Å². The average molecular weight is 370 g/mol. The number of halogens is 3. The summed E-state index contributed by atoms with van der Waals surface area (Å²) in [6, 6.07) is 0. The van der Waals surface area contributed by atoms with Crippen molar-refractivity contribution in [3.63, 3.8) is 0 Å². The van der Waals surface area contributed by atoms with Crippen molar-refractivity contribution in [2.45, 2.75) is 65.5 Å². The number of unbranched alkanes of at least 4 members (excludes halogenated alkanes) is 1. The van der Waals surface area contributed by atoms with Crippen LogP contribution < -0.4 is 0 Å². The Labute approximate surface area is 154 Å². The third-order valence-electron chi connectivity index (χ3n) is 4.53. The van der Waals surface area contributed by atoms with Crippen molar-refractivity contribution in [2.24, 2.45) is 5.92 Å². The minimum absolute atomic E-state index is 0.224. The predicted octanol–water partition coefficient (Wildman–Crippen LogP) is 6.46. The Bertz CT molecular complexity index is 581. The molecule has 1 aliphatic carbocycles. The standard InChI is InChI=1S/C21H29F3O2/c1-16(11-8-14-19-17(2)12-9-13-18(19)3)10-6-4-5-7-15-26-20(25)21(22,23)24/h4,6,8,10-11,17H,5,7,9,12-15H2,1-3H3/b6-4+,11-8+,16-10+. The van der Waals surface area contributed by atoms with E-state index in [9.17, 15) is 18.0 Å². The van der Waals surface area contributed by atoms with Crippen LogP contribution in [0.15, 0.2) is 47.1 Å². The van der Waals surface area contributed by atoms with E-state index >= 15 is 0 Å². The number of carbonyl (C=O) groups is 1. The van der Waals surface area contributed by atoms with Crippen molar-refractivity contribution >= 4 is 5.97 Å². The lowest BCUT2D eigenvalue weighted by molar-refractivity contribution is -0.199. The predicted molar refractivity (Wildman–Crippen MR) is 98.6 cm³/mol. The zero-order valence-electron chi connectivity index (χ0n) is 15.9. The highest BCUT2D eigenvalue weighted by atomic mass is 19.4. The third kappa shape index (κ3) is 8.54. The molecule has 1 unspecified atom stereocenters. The van der Waals surface area contributed by atoms with Gasteiger partial charge < -0.3 is 4.74 Å². The van der Waals surface area contributed by atoms with Gasteiger partial charge in [0.05, 0.1) is 6.61 Å². The lowest BCUT2D eigenvalue weighted by Gasteiger charge is -2.23. The molecule has 0 radical (unpaired) electrons. The summed E-state index contributed by atoms with van der Waals surface area (Å²) in [5, 5.41) is 0. The Kier molecular flexibility index (Phi) is 9.46. The molecule has 1 atom stereocenters. The Morgan fingerprint density at radius 1 is 1.31 bits per heavy atom. The molecule has 0 saturated heterocycles. The highest BCUT2D eigenvalue weighted by Gasteiger charge is 2.40. The van der Waals surface area contributed by atoms with Crippen LogP contribution in [0.4, 0.5) is 13.2 Å². The molecule has 0 amide bonds. The van der Waals surface area contributed by atoms with E-state index in [0.29, 0.717) is 18.8 Å². The largest absolute Gasteiger partial charge is 0.490 e. The van der Waals surface area contributed by atoms with Gasteiger partial charge >= 0.3 is 12.1 Å². The smallest absolute Gasteiger partial charge is 0.459 e. The van der Waals surface area contributed by atoms with Crippen molar-refractivity contribution in [2.75, 3.05) is 6.61 Å². The van der Waals surface area contributed by atoms with E-state index in [-0.39, 0.29) is 6.61 Å². The molecule has 26 heavy (non-hydrogen) atoms. The molecule has 0 N–H and O–H groups in total. The van der Waals surface area contributed by atoms with Gasteiger partial charge in [0.2, 0.25) is 0 Å². The zero-order chi connectivity index (χ0) is 19.6. The normalized spacial score (nSPS) is 19.6. The average Bonchev–Trinajstić information content (AvgIpc) is 2.55. The van der Waals surface area contributed by atoms with Crippen LogP contribution >= 0.6 is 0 Å². The number of hydrogen-bond donors (Lipinski definition) is 0. The lowest BCUT2D eigenvalue weighted by Crippen LogP contribution is -2.25. The Balaban J connectivity index is 2.28. The minimum Gasteiger partial charge on any atom is -0.459 e. The van der Waals surface area contributed by atoms with Gasteiger partial charge in [0.15, 0.2) is 0 Å². The van der Waals surface area contributed by atoms with Gasteiger partial charge in [0.25, 0.3) is 0 Å². The molecule has 1 rings (SSSR count). The molecule has 0 bridgehead atoms. The molecule has 146 valence electrons. The van der Waals surface area contributed by atoms with Crippen molar-refractivity contribution in [3.8, 4) is 0 Å². The molecule has 0 aliphatic heterocycles.